The van der Waals surface area contributed by atoms with Crippen molar-refractivity contribution in [1.82, 2.24) is 10.0 Å². The van der Waals surface area contributed by atoms with E-state index in [1.54, 1.807) is 46.3 Å². The molecule has 2 aromatic rings. The van der Waals surface area contributed by atoms with E-state index in [1.165, 1.54) is 19.2 Å². The maximum absolute atomic E-state index is 12.7. The number of methoxy groups -OCH3 is 3. The molecule has 0 spiro atoms. The van der Waals surface area contributed by atoms with Crippen molar-refractivity contribution in [2.24, 2.45) is 5.92 Å². The van der Waals surface area contributed by atoms with E-state index in [1.807, 2.05) is 12.1 Å². The second-order valence-corrected chi connectivity index (χ2v) is 8.95. The third-order valence-electron chi connectivity index (χ3n) is 4.79. The predicted molar refractivity (Wildman–Crippen MR) is 118 cm³/mol. The van der Waals surface area contributed by atoms with E-state index in [4.69, 9.17) is 14.2 Å². The number of ether oxygens (including phenoxy) is 3. The number of rotatable bonds is 11. The molecule has 2 N–H and O–H groups in total. The third-order valence-corrected chi connectivity index (χ3v) is 6.25. The molecule has 0 aliphatic rings. The Morgan fingerprint density at radius 2 is 1.55 bits per heavy atom. The summed E-state index contributed by atoms with van der Waals surface area (Å²) >= 11 is 0. The molecular weight excluding hydrogens is 420 g/mol. The fraction of sp³-hybridized carbons (Fsp3) is 0.409. The van der Waals surface area contributed by atoms with Crippen molar-refractivity contribution >= 4 is 15.9 Å². The van der Waals surface area contributed by atoms with Crippen molar-refractivity contribution in [3.63, 3.8) is 0 Å². The molecule has 0 fully saturated rings. The zero-order valence-electron chi connectivity index (χ0n) is 18.5. The minimum Gasteiger partial charge on any atom is -0.497 e. The zero-order chi connectivity index (χ0) is 23.0. The Morgan fingerprint density at radius 1 is 0.935 bits per heavy atom. The van der Waals surface area contributed by atoms with Gasteiger partial charge in [0.25, 0.3) is 0 Å². The van der Waals surface area contributed by atoms with Crippen LogP contribution in [0.4, 0.5) is 0 Å². The Bertz CT molecular complexity index is 974. The van der Waals surface area contributed by atoms with Crippen LogP contribution in [0.2, 0.25) is 0 Å². The molecule has 0 radical (unpaired) electrons. The van der Waals surface area contributed by atoms with Gasteiger partial charge in [0.05, 0.1) is 26.2 Å². The summed E-state index contributed by atoms with van der Waals surface area (Å²) in [6.45, 7) is 3.90. The Hall–Kier alpha value is -2.78. The first-order valence-electron chi connectivity index (χ1n) is 9.86. The van der Waals surface area contributed by atoms with Gasteiger partial charge in [-0.15, -0.1) is 0 Å². The van der Waals surface area contributed by atoms with Crippen LogP contribution in [0.15, 0.2) is 47.4 Å². The number of hydrogen-bond donors (Lipinski definition) is 2. The van der Waals surface area contributed by atoms with Gasteiger partial charge in [-0.3, -0.25) is 4.79 Å². The summed E-state index contributed by atoms with van der Waals surface area (Å²) in [5.41, 5.74) is 0.906. The minimum atomic E-state index is -3.87. The van der Waals surface area contributed by atoms with Gasteiger partial charge in [-0.05, 0) is 48.2 Å². The Kier molecular flexibility index (Phi) is 8.70. The van der Waals surface area contributed by atoms with E-state index in [0.717, 1.165) is 5.56 Å². The molecule has 2 aromatic carbocycles. The van der Waals surface area contributed by atoms with Crippen LogP contribution in [0.1, 0.15) is 19.4 Å². The molecule has 0 unspecified atom stereocenters. The standard InChI is InChI=1S/C22H30N2O6S/c1-15(2)21(24-31(26,27)19-10-8-17(28-3)9-11-19)22(25)23-13-12-16-6-7-18(29-4)14-20(16)30-5/h6-11,14-15,21,24H,12-13H2,1-5H3,(H,23,25)/t21-/m0/s1. The molecule has 8 nitrogen and oxygen atoms in total. The van der Waals surface area contributed by atoms with Gasteiger partial charge in [0.2, 0.25) is 15.9 Å². The quantitative estimate of drug-likeness (QED) is 0.545. The summed E-state index contributed by atoms with van der Waals surface area (Å²) < 4.78 is 43.6. The number of nitrogens with one attached hydrogen (secondary N) is 2. The summed E-state index contributed by atoms with van der Waals surface area (Å²) in [6, 6.07) is 10.5. The van der Waals surface area contributed by atoms with E-state index in [0.29, 0.717) is 30.2 Å². The first kappa shape index (κ1) is 24.5. The molecule has 0 aliphatic carbocycles. The van der Waals surface area contributed by atoms with Crippen molar-refractivity contribution < 1.29 is 27.4 Å². The largest absolute Gasteiger partial charge is 0.497 e. The van der Waals surface area contributed by atoms with Crippen molar-refractivity contribution in [2.75, 3.05) is 27.9 Å². The van der Waals surface area contributed by atoms with Crippen molar-refractivity contribution in [2.45, 2.75) is 31.2 Å². The lowest BCUT2D eigenvalue weighted by Gasteiger charge is -2.22. The van der Waals surface area contributed by atoms with E-state index in [2.05, 4.69) is 10.0 Å². The maximum Gasteiger partial charge on any atom is 0.241 e. The highest BCUT2D eigenvalue weighted by molar-refractivity contribution is 7.89. The number of carbonyl (C=O) groups excluding carboxylic acids is 1. The van der Waals surface area contributed by atoms with Gasteiger partial charge in [0, 0.05) is 12.6 Å². The Balaban J connectivity index is 2.03. The molecule has 0 aromatic heterocycles. The van der Waals surface area contributed by atoms with Crippen LogP contribution in [0.25, 0.3) is 0 Å². The van der Waals surface area contributed by atoms with E-state index in [-0.39, 0.29) is 16.7 Å². The lowest BCUT2D eigenvalue weighted by Crippen LogP contribution is -2.49. The lowest BCUT2D eigenvalue weighted by atomic mass is 10.0. The number of benzene rings is 2. The molecule has 0 aliphatic heterocycles. The SMILES string of the molecule is COc1ccc(S(=O)(=O)N[C@H](C(=O)NCCc2ccc(OC)cc2OC)C(C)C)cc1. The Morgan fingerprint density at radius 3 is 2.10 bits per heavy atom. The number of hydrogen-bond acceptors (Lipinski definition) is 6. The number of carbonyl (C=O) groups is 1. The van der Waals surface area contributed by atoms with Gasteiger partial charge >= 0.3 is 0 Å². The summed E-state index contributed by atoms with van der Waals surface area (Å²) in [4.78, 5) is 12.8. The summed E-state index contributed by atoms with van der Waals surface area (Å²) in [7, 11) is 0.778. The summed E-state index contributed by atoms with van der Waals surface area (Å²) in [5, 5.41) is 2.81. The monoisotopic (exact) mass is 450 g/mol. The highest BCUT2D eigenvalue weighted by atomic mass is 32.2. The van der Waals surface area contributed by atoms with E-state index in [9.17, 15) is 13.2 Å². The lowest BCUT2D eigenvalue weighted by molar-refractivity contribution is -0.123. The molecule has 9 heteroatoms. The summed E-state index contributed by atoms with van der Waals surface area (Å²) in [5.74, 6) is 1.25. The van der Waals surface area contributed by atoms with Crippen LogP contribution in [0, 0.1) is 5.92 Å². The smallest absolute Gasteiger partial charge is 0.241 e. The van der Waals surface area contributed by atoms with Crippen LogP contribution in [-0.4, -0.2) is 48.2 Å². The first-order valence-corrected chi connectivity index (χ1v) is 11.3. The molecule has 0 saturated carbocycles. The van der Waals surface area contributed by atoms with Crippen molar-refractivity contribution in [3.05, 3.63) is 48.0 Å². The molecular formula is C22H30N2O6S. The predicted octanol–water partition coefficient (Wildman–Crippen LogP) is 2.37. The molecule has 1 amide bonds. The molecule has 0 saturated heterocycles. The molecule has 31 heavy (non-hydrogen) atoms. The van der Waals surface area contributed by atoms with Gasteiger partial charge in [0.1, 0.15) is 23.3 Å². The number of sulfonamides is 1. The third kappa shape index (κ3) is 6.60. The maximum atomic E-state index is 12.7. The normalized spacial score (nSPS) is 12.3. The van der Waals surface area contributed by atoms with Crippen LogP contribution >= 0.6 is 0 Å². The van der Waals surface area contributed by atoms with Gasteiger partial charge in [0.15, 0.2) is 0 Å². The van der Waals surface area contributed by atoms with Gasteiger partial charge in [-0.25, -0.2) is 8.42 Å². The Labute approximate surface area is 184 Å². The van der Waals surface area contributed by atoms with Crippen LogP contribution in [0.5, 0.6) is 17.2 Å². The van der Waals surface area contributed by atoms with Crippen molar-refractivity contribution in [1.29, 1.82) is 0 Å². The van der Waals surface area contributed by atoms with Crippen LogP contribution < -0.4 is 24.2 Å². The second-order valence-electron chi connectivity index (χ2n) is 7.24. The highest BCUT2D eigenvalue weighted by Crippen LogP contribution is 2.24. The molecule has 1 atom stereocenters. The topological polar surface area (TPSA) is 103 Å². The molecule has 170 valence electrons. The summed E-state index contributed by atoms with van der Waals surface area (Å²) in [6.07, 6.45) is 0.523. The van der Waals surface area contributed by atoms with Crippen LogP contribution in [0.3, 0.4) is 0 Å². The van der Waals surface area contributed by atoms with Gasteiger partial charge in [-0.1, -0.05) is 19.9 Å². The highest BCUT2D eigenvalue weighted by Gasteiger charge is 2.28. The van der Waals surface area contributed by atoms with Gasteiger partial charge < -0.3 is 19.5 Å². The molecule has 0 heterocycles. The first-order chi connectivity index (χ1) is 14.7. The number of amides is 1. The second kappa shape index (κ2) is 11.0. The fourth-order valence-corrected chi connectivity index (χ4v) is 4.32. The molecule has 2 rings (SSSR count). The van der Waals surface area contributed by atoms with Gasteiger partial charge in [-0.2, -0.15) is 4.72 Å². The zero-order valence-corrected chi connectivity index (χ0v) is 19.3. The van der Waals surface area contributed by atoms with E-state index < -0.39 is 16.1 Å². The van der Waals surface area contributed by atoms with Crippen molar-refractivity contribution in [3.8, 4) is 17.2 Å². The average Bonchev–Trinajstić information content (AvgIpc) is 2.77. The fourth-order valence-electron chi connectivity index (χ4n) is 2.97. The minimum absolute atomic E-state index is 0.0646. The molecule has 0 bridgehead atoms. The van der Waals surface area contributed by atoms with Crippen LogP contribution in [-0.2, 0) is 21.2 Å². The average molecular weight is 451 g/mol. The van der Waals surface area contributed by atoms with E-state index >= 15 is 0 Å².